The average molecular weight is 371 g/mol. The molecule has 2 aromatic rings. The molecule has 0 aliphatic carbocycles. The van der Waals surface area contributed by atoms with Crippen LogP contribution >= 0.6 is 0 Å². The van der Waals surface area contributed by atoms with Crippen LogP contribution in [-0.4, -0.2) is 38.2 Å². The molecule has 0 saturated carbocycles. The molecule has 0 bridgehead atoms. The van der Waals surface area contributed by atoms with Gasteiger partial charge in [0.1, 0.15) is 5.75 Å². The van der Waals surface area contributed by atoms with E-state index in [1.807, 2.05) is 6.07 Å². The van der Waals surface area contributed by atoms with Gasteiger partial charge in [0.05, 0.1) is 31.0 Å². The lowest BCUT2D eigenvalue weighted by atomic mass is 10.1. The zero-order valence-corrected chi connectivity index (χ0v) is 15.4. The van der Waals surface area contributed by atoms with Crippen LogP contribution in [0.3, 0.4) is 0 Å². The molecule has 0 heterocycles. The van der Waals surface area contributed by atoms with Gasteiger partial charge in [0, 0.05) is 0 Å². The molecular formula is C20H21NO6. The van der Waals surface area contributed by atoms with Crippen LogP contribution in [0.2, 0.25) is 0 Å². The molecule has 2 aromatic carbocycles. The number of nitrogens with one attached hydrogen (secondary N) is 1. The van der Waals surface area contributed by atoms with Crippen molar-refractivity contribution in [1.82, 2.24) is 0 Å². The number of rotatable bonds is 7. The smallest absolute Gasteiger partial charge is 0.339 e. The van der Waals surface area contributed by atoms with Gasteiger partial charge in [-0.1, -0.05) is 25.1 Å². The number of benzene rings is 2. The Hall–Kier alpha value is -3.35. The van der Waals surface area contributed by atoms with E-state index in [1.54, 1.807) is 31.2 Å². The third-order valence-corrected chi connectivity index (χ3v) is 3.79. The number of methoxy groups -OCH3 is 2. The fourth-order valence-electron chi connectivity index (χ4n) is 2.38. The quantitative estimate of drug-likeness (QED) is 0.752. The van der Waals surface area contributed by atoms with Gasteiger partial charge in [0.25, 0.3) is 5.91 Å². The van der Waals surface area contributed by atoms with Crippen LogP contribution in [0.4, 0.5) is 5.69 Å². The Kier molecular flexibility index (Phi) is 6.93. The predicted molar refractivity (Wildman–Crippen MR) is 98.9 cm³/mol. The highest BCUT2D eigenvalue weighted by atomic mass is 16.5. The van der Waals surface area contributed by atoms with Crippen LogP contribution < -0.4 is 10.1 Å². The molecule has 7 heteroatoms. The Morgan fingerprint density at radius 1 is 0.963 bits per heavy atom. The number of anilines is 1. The van der Waals surface area contributed by atoms with E-state index in [-0.39, 0.29) is 16.8 Å². The van der Waals surface area contributed by atoms with Gasteiger partial charge in [0.2, 0.25) is 0 Å². The lowest BCUT2D eigenvalue weighted by Crippen LogP contribution is -2.33. The highest BCUT2D eigenvalue weighted by molar-refractivity contribution is 6.04. The first kappa shape index (κ1) is 20.0. The van der Waals surface area contributed by atoms with Crippen molar-refractivity contribution in [3.8, 4) is 5.75 Å². The summed E-state index contributed by atoms with van der Waals surface area (Å²) < 4.78 is 15.1. The van der Waals surface area contributed by atoms with Crippen molar-refractivity contribution in [3.05, 3.63) is 59.7 Å². The van der Waals surface area contributed by atoms with Crippen LogP contribution in [0, 0.1) is 0 Å². The van der Waals surface area contributed by atoms with Gasteiger partial charge >= 0.3 is 11.9 Å². The largest absolute Gasteiger partial charge is 0.481 e. The number of ether oxygens (including phenoxy) is 3. The molecule has 7 nitrogen and oxygen atoms in total. The third-order valence-electron chi connectivity index (χ3n) is 3.79. The highest BCUT2D eigenvalue weighted by Crippen LogP contribution is 2.21. The SMILES string of the molecule is CC[C@@H](Oc1ccccc1)C(=O)Nc1cc(C(=O)OC)ccc1C(=O)OC. The number of esters is 2. The molecule has 1 N–H and O–H groups in total. The molecular weight excluding hydrogens is 350 g/mol. The first-order valence-corrected chi connectivity index (χ1v) is 8.33. The zero-order valence-electron chi connectivity index (χ0n) is 15.4. The molecule has 0 unspecified atom stereocenters. The number of hydrogen-bond acceptors (Lipinski definition) is 6. The fourth-order valence-corrected chi connectivity index (χ4v) is 2.38. The van der Waals surface area contributed by atoms with E-state index in [0.29, 0.717) is 12.2 Å². The second-order valence-electron chi connectivity index (χ2n) is 5.56. The van der Waals surface area contributed by atoms with Crippen molar-refractivity contribution in [1.29, 1.82) is 0 Å². The van der Waals surface area contributed by atoms with Gasteiger partial charge in [-0.05, 0) is 36.8 Å². The number of hydrogen-bond donors (Lipinski definition) is 1. The summed E-state index contributed by atoms with van der Waals surface area (Å²) in [6.07, 6.45) is -0.370. The highest BCUT2D eigenvalue weighted by Gasteiger charge is 2.22. The fraction of sp³-hybridized carbons (Fsp3) is 0.250. The van der Waals surface area contributed by atoms with Crippen LogP contribution in [0.5, 0.6) is 5.75 Å². The Morgan fingerprint density at radius 2 is 1.63 bits per heavy atom. The molecule has 0 aliphatic rings. The number of carbonyl (C=O) groups is 3. The van der Waals surface area contributed by atoms with E-state index in [0.717, 1.165) is 0 Å². The Balaban J connectivity index is 2.27. The summed E-state index contributed by atoms with van der Waals surface area (Å²) in [5, 5.41) is 2.64. The van der Waals surface area contributed by atoms with Crippen LogP contribution in [-0.2, 0) is 14.3 Å². The van der Waals surface area contributed by atoms with Gasteiger partial charge < -0.3 is 19.5 Å². The normalized spacial score (nSPS) is 11.2. The summed E-state index contributed by atoms with van der Waals surface area (Å²) in [6.45, 7) is 1.80. The molecule has 0 fully saturated rings. The van der Waals surface area contributed by atoms with Gasteiger partial charge in [-0.15, -0.1) is 0 Å². The maximum absolute atomic E-state index is 12.7. The maximum Gasteiger partial charge on any atom is 0.339 e. The monoisotopic (exact) mass is 371 g/mol. The van der Waals surface area contributed by atoms with E-state index < -0.39 is 23.9 Å². The van der Waals surface area contributed by atoms with Crippen LogP contribution in [0.25, 0.3) is 0 Å². The predicted octanol–water partition coefficient (Wildman–Crippen LogP) is 3.06. The van der Waals surface area contributed by atoms with Crippen LogP contribution in [0.1, 0.15) is 34.1 Å². The van der Waals surface area contributed by atoms with Crippen molar-refractivity contribution in [2.75, 3.05) is 19.5 Å². The minimum Gasteiger partial charge on any atom is -0.481 e. The first-order valence-electron chi connectivity index (χ1n) is 8.33. The molecule has 0 spiro atoms. The average Bonchev–Trinajstić information content (AvgIpc) is 2.71. The number of para-hydroxylation sites is 1. The molecule has 0 aliphatic heterocycles. The third kappa shape index (κ3) is 5.07. The number of carbonyl (C=O) groups excluding carboxylic acids is 3. The standard InChI is InChI=1S/C20H21NO6/c1-4-17(27-14-8-6-5-7-9-14)18(22)21-16-12-13(19(23)25-2)10-11-15(16)20(24)26-3/h5-12,17H,4H2,1-3H3,(H,21,22)/t17-/m1/s1. The summed E-state index contributed by atoms with van der Waals surface area (Å²) in [5.74, 6) is -1.13. The van der Waals surface area contributed by atoms with Gasteiger partial charge in [-0.2, -0.15) is 0 Å². The summed E-state index contributed by atoms with van der Waals surface area (Å²) in [6, 6.07) is 13.1. The second kappa shape index (κ2) is 9.38. The molecule has 27 heavy (non-hydrogen) atoms. The lowest BCUT2D eigenvalue weighted by Gasteiger charge is -2.18. The molecule has 2 rings (SSSR count). The summed E-state index contributed by atoms with van der Waals surface area (Å²) >= 11 is 0. The summed E-state index contributed by atoms with van der Waals surface area (Å²) in [4.78, 5) is 36.4. The molecule has 142 valence electrons. The van der Waals surface area contributed by atoms with E-state index >= 15 is 0 Å². The second-order valence-corrected chi connectivity index (χ2v) is 5.56. The van der Waals surface area contributed by atoms with Crippen LogP contribution in [0.15, 0.2) is 48.5 Å². The Labute approximate surface area is 157 Å². The Morgan fingerprint density at radius 3 is 2.22 bits per heavy atom. The minimum atomic E-state index is -0.778. The molecule has 0 saturated heterocycles. The first-order chi connectivity index (χ1) is 13.0. The van der Waals surface area contributed by atoms with Gasteiger partial charge in [-0.3, -0.25) is 4.79 Å². The van der Waals surface area contributed by atoms with Gasteiger partial charge in [-0.25, -0.2) is 9.59 Å². The van der Waals surface area contributed by atoms with E-state index in [4.69, 9.17) is 9.47 Å². The maximum atomic E-state index is 12.7. The zero-order chi connectivity index (χ0) is 19.8. The van der Waals surface area contributed by atoms with E-state index in [9.17, 15) is 14.4 Å². The molecule has 1 atom stereocenters. The minimum absolute atomic E-state index is 0.119. The Bertz CT molecular complexity index is 818. The molecule has 0 aromatic heterocycles. The molecule has 1 amide bonds. The van der Waals surface area contributed by atoms with Crippen molar-refractivity contribution in [3.63, 3.8) is 0 Å². The van der Waals surface area contributed by atoms with Crippen molar-refractivity contribution >= 4 is 23.5 Å². The molecule has 0 radical (unpaired) electrons. The summed E-state index contributed by atoms with van der Waals surface area (Å²) in [5.41, 5.74) is 0.454. The number of amides is 1. The topological polar surface area (TPSA) is 90.9 Å². The van der Waals surface area contributed by atoms with Gasteiger partial charge in [0.15, 0.2) is 6.10 Å². The van der Waals surface area contributed by atoms with Crippen molar-refractivity contribution in [2.45, 2.75) is 19.4 Å². The van der Waals surface area contributed by atoms with Crippen molar-refractivity contribution in [2.24, 2.45) is 0 Å². The van der Waals surface area contributed by atoms with Crippen molar-refractivity contribution < 1.29 is 28.6 Å². The lowest BCUT2D eigenvalue weighted by molar-refractivity contribution is -0.122. The van der Waals surface area contributed by atoms with E-state index in [2.05, 4.69) is 10.1 Å². The van der Waals surface area contributed by atoms with E-state index in [1.165, 1.54) is 32.4 Å². The summed E-state index contributed by atoms with van der Waals surface area (Å²) in [7, 11) is 2.48.